The summed E-state index contributed by atoms with van der Waals surface area (Å²) in [6.07, 6.45) is 20.8. The summed E-state index contributed by atoms with van der Waals surface area (Å²) in [6.45, 7) is 15.8. The number of cyclic esters (lactones) is 1. The molecule has 0 aromatic rings. The molecule has 1 N–H and O–H groups in total. The third-order valence-electron chi connectivity index (χ3n) is 6.50. The predicted molar refractivity (Wildman–Crippen MR) is 165 cm³/mol. The second-order valence-electron chi connectivity index (χ2n) is 11.7. The molecule has 0 unspecified atom stereocenters. The monoisotopic (exact) mass is 569 g/mol. The molecule has 0 spiro atoms. The highest BCUT2D eigenvalue weighted by atomic mass is 16.6. The Kier molecular flexibility index (Phi) is 16.0. The van der Waals surface area contributed by atoms with Gasteiger partial charge in [0.1, 0.15) is 6.10 Å². The number of ether oxygens (including phenoxy) is 3. The molecule has 0 fully saturated rings. The van der Waals surface area contributed by atoms with Crippen molar-refractivity contribution < 1.29 is 28.6 Å². The van der Waals surface area contributed by atoms with E-state index in [2.05, 4.69) is 11.4 Å². The molecule has 0 saturated heterocycles. The molecule has 1 amide bonds. The quantitative estimate of drug-likeness (QED) is 0.0960. The van der Waals surface area contributed by atoms with Gasteiger partial charge in [-0.15, -0.1) is 0 Å². The Morgan fingerprint density at radius 1 is 1.10 bits per heavy atom. The van der Waals surface area contributed by atoms with Crippen molar-refractivity contribution in [2.75, 3.05) is 7.11 Å². The Labute approximate surface area is 247 Å². The molecule has 228 valence electrons. The van der Waals surface area contributed by atoms with Crippen LogP contribution in [0, 0.1) is 11.3 Å². The van der Waals surface area contributed by atoms with Gasteiger partial charge in [-0.2, -0.15) is 0 Å². The van der Waals surface area contributed by atoms with Gasteiger partial charge in [0.15, 0.2) is 11.5 Å². The zero-order valence-electron chi connectivity index (χ0n) is 26.4. The minimum absolute atomic E-state index is 0.0138. The second kappa shape index (κ2) is 18.3. The number of allylic oxidation sites excluding steroid dienone is 6. The van der Waals surface area contributed by atoms with Gasteiger partial charge in [-0.05, 0) is 52.0 Å². The normalized spacial score (nSPS) is 19.2. The first kappa shape index (κ1) is 35.8. The van der Waals surface area contributed by atoms with Gasteiger partial charge < -0.3 is 19.5 Å². The fourth-order valence-corrected chi connectivity index (χ4v) is 4.38. The predicted octanol–water partition coefficient (Wildman–Crippen LogP) is 6.72. The molecule has 0 bridgehead atoms. The topological polar surface area (TPSA) is 90.9 Å². The van der Waals surface area contributed by atoms with E-state index in [1.807, 2.05) is 85.8 Å². The number of rotatable bonds is 16. The van der Waals surface area contributed by atoms with Crippen LogP contribution < -0.4 is 5.32 Å². The molecule has 1 heterocycles. The van der Waals surface area contributed by atoms with Crippen LogP contribution in [0.3, 0.4) is 0 Å². The number of esters is 1. The maximum atomic E-state index is 13.0. The highest BCUT2D eigenvalue weighted by Crippen LogP contribution is 2.23. The van der Waals surface area contributed by atoms with E-state index < -0.39 is 17.4 Å². The van der Waals surface area contributed by atoms with Crippen molar-refractivity contribution in [1.29, 1.82) is 0 Å². The van der Waals surface area contributed by atoms with Crippen molar-refractivity contribution in [3.05, 3.63) is 72.1 Å². The molecule has 7 heteroatoms. The summed E-state index contributed by atoms with van der Waals surface area (Å²) in [5.74, 6) is -0.553. The van der Waals surface area contributed by atoms with Gasteiger partial charge in [-0.25, -0.2) is 4.79 Å². The maximum absolute atomic E-state index is 13.0. The number of ketones is 1. The Morgan fingerprint density at radius 2 is 1.76 bits per heavy atom. The third kappa shape index (κ3) is 14.3. The number of hydrogen-bond donors (Lipinski definition) is 1. The lowest BCUT2D eigenvalue weighted by Crippen LogP contribution is -2.48. The number of Topliss-reactive ketones (excluding diaryl/α,β-unsaturated/α-hetero) is 1. The van der Waals surface area contributed by atoms with Crippen LogP contribution in [-0.2, 0) is 28.6 Å². The molecule has 0 aromatic heterocycles. The van der Waals surface area contributed by atoms with Crippen LogP contribution in [0.4, 0.5) is 0 Å². The lowest BCUT2D eigenvalue weighted by atomic mass is 9.83. The Balaban J connectivity index is 2.68. The van der Waals surface area contributed by atoms with Crippen molar-refractivity contribution in [3.63, 3.8) is 0 Å². The zero-order chi connectivity index (χ0) is 31.0. The van der Waals surface area contributed by atoms with Crippen LogP contribution in [-0.4, -0.2) is 49.1 Å². The van der Waals surface area contributed by atoms with Gasteiger partial charge in [-0.1, -0.05) is 81.9 Å². The van der Waals surface area contributed by atoms with Gasteiger partial charge in [0.2, 0.25) is 5.91 Å². The summed E-state index contributed by atoms with van der Waals surface area (Å²) in [6, 6.07) is -0.618. The number of carbonyl (C=O) groups is 3. The fraction of sp³-hybridized carbons (Fsp3) is 0.559. The Morgan fingerprint density at radius 3 is 2.34 bits per heavy atom. The molecule has 0 aliphatic carbocycles. The highest BCUT2D eigenvalue weighted by molar-refractivity contribution is 5.94. The molecule has 1 rings (SSSR count). The number of amides is 1. The van der Waals surface area contributed by atoms with E-state index in [0.29, 0.717) is 6.42 Å². The van der Waals surface area contributed by atoms with Crippen LogP contribution in [0.5, 0.6) is 0 Å². The van der Waals surface area contributed by atoms with Gasteiger partial charge in [0.05, 0.1) is 25.4 Å². The summed E-state index contributed by atoms with van der Waals surface area (Å²) in [5, 5.41) is 2.88. The van der Waals surface area contributed by atoms with Crippen molar-refractivity contribution in [2.24, 2.45) is 11.3 Å². The van der Waals surface area contributed by atoms with Crippen LogP contribution in [0.15, 0.2) is 72.1 Å². The molecule has 0 radical (unpaired) electrons. The summed E-state index contributed by atoms with van der Waals surface area (Å²) in [7, 11) is 1.45. The van der Waals surface area contributed by atoms with E-state index in [4.69, 9.17) is 14.2 Å². The van der Waals surface area contributed by atoms with E-state index in [1.165, 1.54) is 13.2 Å². The molecular formula is C34H51NO6. The molecule has 0 saturated carbocycles. The molecular weight excluding hydrogens is 518 g/mol. The van der Waals surface area contributed by atoms with Crippen molar-refractivity contribution in [2.45, 2.75) is 105 Å². The number of carbonyl (C=O) groups excluding carboxylic acids is 3. The minimum atomic E-state index is -0.618. The smallest absolute Gasteiger partial charge is 0.373 e. The maximum Gasteiger partial charge on any atom is 0.373 e. The average molecular weight is 570 g/mol. The summed E-state index contributed by atoms with van der Waals surface area (Å²) in [5.41, 5.74) is 0.540. The summed E-state index contributed by atoms with van der Waals surface area (Å²) in [4.78, 5) is 37.6. The Bertz CT molecular complexity index is 1040. The van der Waals surface area contributed by atoms with Gasteiger partial charge in [0.25, 0.3) is 0 Å². The van der Waals surface area contributed by atoms with E-state index in [-0.39, 0.29) is 48.1 Å². The van der Waals surface area contributed by atoms with E-state index >= 15 is 0 Å². The van der Waals surface area contributed by atoms with Crippen LogP contribution in [0.25, 0.3) is 0 Å². The first-order chi connectivity index (χ1) is 19.3. The molecule has 1 aliphatic rings. The standard InChI is InChI=1S/C34H51NO6/c1-10-11-17-27(40-24(2)3)18-13-14-19-28(36)32(34(6,7)8)35-31(37)20-15-12-16-25(4)23-26(5)29-21-22-30(39-9)33(38)41-29/h10-16,20,22-24,26-27,29,32H,17-19,21H2,1-9H3,(H,35,37)/b11-10-,14-13-,16-12-,20-15-,25-23+/t26-,27-,29-,32+/m0/s1. The average Bonchev–Trinajstić information content (AvgIpc) is 2.89. The fourth-order valence-electron chi connectivity index (χ4n) is 4.38. The molecule has 1 aliphatic heterocycles. The first-order valence-electron chi connectivity index (χ1n) is 14.5. The van der Waals surface area contributed by atoms with Crippen molar-refractivity contribution in [3.8, 4) is 0 Å². The number of hydrogen-bond acceptors (Lipinski definition) is 6. The number of methoxy groups -OCH3 is 1. The lowest BCUT2D eigenvalue weighted by Gasteiger charge is -2.29. The molecule has 41 heavy (non-hydrogen) atoms. The minimum Gasteiger partial charge on any atom is -0.490 e. The molecule has 4 atom stereocenters. The SMILES string of the molecule is C/C=C\C[C@@H](C/C=C\CC(=O)[C@@H](NC(=O)\C=C/C=C\C(C)=C\[C@H](C)[C@@H]1CC=C(OC)C(=O)O1)C(C)(C)C)OC(C)C. The van der Waals surface area contributed by atoms with Crippen LogP contribution in [0.1, 0.15) is 81.1 Å². The summed E-state index contributed by atoms with van der Waals surface area (Å²) >= 11 is 0. The zero-order valence-corrected chi connectivity index (χ0v) is 26.4. The van der Waals surface area contributed by atoms with Gasteiger partial charge in [0, 0.05) is 24.8 Å². The van der Waals surface area contributed by atoms with Gasteiger partial charge in [-0.3, -0.25) is 9.59 Å². The van der Waals surface area contributed by atoms with E-state index in [9.17, 15) is 14.4 Å². The van der Waals surface area contributed by atoms with E-state index in [0.717, 1.165) is 18.4 Å². The van der Waals surface area contributed by atoms with Crippen molar-refractivity contribution in [1.82, 2.24) is 5.32 Å². The van der Waals surface area contributed by atoms with E-state index in [1.54, 1.807) is 18.2 Å². The summed E-state index contributed by atoms with van der Waals surface area (Å²) < 4.78 is 16.4. The largest absolute Gasteiger partial charge is 0.490 e. The lowest BCUT2D eigenvalue weighted by molar-refractivity contribution is -0.151. The second-order valence-corrected chi connectivity index (χ2v) is 11.7. The Hall–Kier alpha value is -3.19. The number of nitrogens with one attached hydrogen (secondary N) is 1. The molecule has 7 nitrogen and oxygen atoms in total. The molecule has 0 aromatic carbocycles. The van der Waals surface area contributed by atoms with Crippen molar-refractivity contribution >= 4 is 17.7 Å². The third-order valence-corrected chi connectivity index (χ3v) is 6.50. The first-order valence-corrected chi connectivity index (χ1v) is 14.5. The van der Waals surface area contributed by atoms with Crippen LogP contribution in [0.2, 0.25) is 0 Å². The van der Waals surface area contributed by atoms with Gasteiger partial charge >= 0.3 is 5.97 Å². The van der Waals surface area contributed by atoms with Crippen LogP contribution >= 0.6 is 0 Å². The highest BCUT2D eigenvalue weighted by Gasteiger charge is 2.31.